The molecule has 0 heterocycles. The van der Waals surface area contributed by atoms with Gasteiger partial charge in [-0.15, -0.1) is 0 Å². The van der Waals surface area contributed by atoms with E-state index in [2.05, 4.69) is 104 Å². The van der Waals surface area contributed by atoms with Crippen molar-refractivity contribution in [2.45, 2.75) is 79.1 Å². The Morgan fingerprint density at radius 3 is 1.26 bits per heavy atom. The van der Waals surface area contributed by atoms with Gasteiger partial charge in [-0.1, -0.05) is 140 Å². The average molecular weight is 704 g/mol. The zero-order valence-electron chi connectivity index (χ0n) is 28.4. The Hall–Kier alpha value is -3.09. The second kappa shape index (κ2) is 18.3. The van der Waals surface area contributed by atoms with Crippen LogP contribution in [0.3, 0.4) is 0 Å². The van der Waals surface area contributed by atoms with Gasteiger partial charge in [-0.25, -0.2) is 9.98 Å². The van der Waals surface area contributed by atoms with Crippen LogP contribution in [0.1, 0.15) is 112 Å². The van der Waals surface area contributed by atoms with E-state index in [0.717, 1.165) is 28.3 Å². The predicted molar refractivity (Wildman–Crippen MR) is 195 cm³/mol. The quantitative estimate of drug-likeness (QED) is 0.104. The monoisotopic (exact) mass is 702 g/mol. The SMILES string of the molecule is CC(C)c1cccc(C(C)C)c1N=C(ON(C)C(=Nc1c(C(C)C)cccc1C(C)C)c1ccccc1)c1ccccc1.[Cl][Co][Cl]. The van der Waals surface area contributed by atoms with E-state index in [9.17, 15) is 0 Å². The van der Waals surface area contributed by atoms with E-state index in [1.807, 2.05) is 55.6 Å². The summed E-state index contributed by atoms with van der Waals surface area (Å²) >= 11 is 0.382. The molecule has 0 aliphatic rings. The van der Waals surface area contributed by atoms with Crippen LogP contribution in [0.4, 0.5) is 11.4 Å². The number of hydroxylamine groups is 2. The fourth-order valence-corrected chi connectivity index (χ4v) is 5.28. The third-order valence-corrected chi connectivity index (χ3v) is 7.69. The van der Waals surface area contributed by atoms with Gasteiger partial charge in [0.1, 0.15) is 0 Å². The number of nitrogens with zero attached hydrogens (tertiary/aromatic N) is 3. The van der Waals surface area contributed by atoms with Gasteiger partial charge in [0.15, 0.2) is 5.84 Å². The molecule has 7 heteroatoms. The van der Waals surface area contributed by atoms with Crippen molar-refractivity contribution in [1.29, 1.82) is 0 Å². The van der Waals surface area contributed by atoms with Crippen molar-refractivity contribution in [1.82, 2.24) is 5.06 Å². The molecule has 0 fully saturated rings. The zero-order valence-corrected chi connectivity index (χ0v) is 30.9. The molecule has 4 aromatic rings. The molecule has 0 radical (unpaired) electrons. The first-order valence-electron chi connectivity index (χ1n) is 15.8. The standard InChI is InChI=1S/C39H47N3O.2ClH.Co/c1-26(2)32-22-16-23-33(27(3)4)36(32)40-38(30-18-12-10-13-19-30)42(9)43-39(31-20-14-11-15-21-31)41-37-34(28(5)6)24-17-25-35(37)29(7)8;;;/h10-29H,1-9H3;2*1H;/q;;;+2/p-2. The Morgan fingerprint density at radius 2 is 0.891 bits per heavy atom. The van der Waals surface area contributed by atoms with Gasteiger partial charge in [0, 0.05) is 18.2 Å². The molecule has 4 nitrogen and oxygen atoms in total. The third-order valence-electron chi connectivity index (χ3n) is 7.69. The van der Waals surface area contributed by atoms with Crippen molar-refractivity contribution in [2.24, 2.45) is 9.98 Å². The summed E-state index contributed by atoms with van der Waals surface area (Å²) in [4.78, 5) is 17.4. The van der Waals surface area contributed by atoms with Gasteiger partial charge in [0.2, 0.25) is 0 Å². The molecule has 0 N–H and O–H groups in total. The number of para-hydroxylation sites is 2. The normalized spacial score (nSPS) is 12.2. The molecule has 0 unspecified atom stereocenters. The van der Waals surface area contributed by atoms with Gasteiger partial charge in [-0.2, -0.15) is 5.06 Å². The Kier molecular flexibility index (Phi) is 14.9. The molecule has 0 aliphatic heterocycles. The first-order chi connectivity index (χ1) is 22.0. The number of benzene rings is 4. The van der Waals surface area contributed by atoms with Gasteiger partial charge >= 0.3 is 33.2 Å². The molecular formula is C39H47Cl2CoN3O. The molecular weight excluding hydrogens is 656 g/mol. The van der Waals surface area contributed by atoms with Crippen molar-refractivity contribution < 1.29 is 17.7 Å². The van der Waals surface area contributed by atoms with E-state index in [-0.39, 0.29) is 0 Å². The maximum atomic E-state index is 6.75. The van der Waals surface area contributed by atoms with Crippen LogP contribution >= 0.6 is 20.3 Å². The predicted octanol–water partition coefficient (Wildman–Crippen LogP) is 12.3. The van der Waals surface area contributed by atoms with Crippen molar-refractivity contribution in [2.75, 3.05) is 7.05 Å². The van der Waals surface area contributed by atoms with Crippen molar-refractivity contribution >= 4 is 43.4 Å². The number of rotatable bonds is 8. The number of hydrogen-bond donors (Lipinski definition) is 0. The topological polar surface area (TPSA) is 37.2 Å². The number of amidine groups is 1. The van der Waals surface area contributed by atoms with E-state index in [1.165, 1.54) is 22.3 Å². The first kappa shape index (κ1) is 37.4. The number of halogens is 2. The molecule has 247 valence electrons. The fourth-order valence-electron chi connectivity index (χ4n) is 5.28. The maximum absolute atomic E-state index is 6.75. The minimum absolute atomic E-state index is 0.315. The van der Waals surface area contributed by atoms with Crippen LogP contribution in [0.5, 0.6) is 0 Å². The zero-order chi connectivity index (χ0) is 33.8. The molecule has 0 amide bonds. The summed E-state index contributed by atoms with van der Waals surface area (Å²) in [7, 11) is 11.4. The Bertz CT molecular complexity index is 1530. The van der Waals surface area contributed by atoms with Crippen molar-refractivity contribution in [3.05, 3.63) is 130 Å². The molecule has 4 aromatic carbocycles. The molecule has 0 saturated heterocycles. The molecule has 46 heavy (non-hydrogen) atoms. The summed E-state index contributed by atoms with van der Waals surface area (Å²) in [5.41, 5.74) is 8.70. The van der Waals surface area contributed by atoms with Gasteiger partial charge in [-0.3, -0.25) is 0 Å². The van der Waals surface area contributed by atoms with Crippen LogP contribution in [-0.4, -0.2) is 23.8 Å². The van der Waals surface area contributed by atoms with E-state index in [1.54, 1.807) is 5.06 Å². The van der Waals surface area contributed by atoms with Gasteiger partial charge in [0.25, 0.3) is 5.90 Å². The van der Waals surface area contributed by atoms with Gasteiger partial charge in [0.05, 0.1) is 11.4 Å². The molecule has 0 saturated carbocycles. The van der Waals surface area contributed by atoms with E-state index < -0.39 is 0 Å². The van der Waals surface area contributed by atoms with Crippen LogP contribution in [-0.2, 0) is 17.7 Å². The summed E-state index contributed by atoms with van der Waals surface area (Å²) in [6, 6.07) is 33.4. The van der Waals surface area contributed by atoms with Crippen LogP contribution in [0.25, 0.3) is 0 Å². The summed E-state index contributed by atoms with van der Waals surface area (Å²) in [6.45, 7) is 17.7. The second-order valence-electron chi connectivity index (χ2n) is 12.4. The molecule has 0 spiro atoms. The first-order valence-corrected chi connectivity index (χ1v) is 18.7. The Balaban J connectivity index is 0.00000185. The Labute approximate surface area is 291 Å². The fraction of sp³-hybridized carbons (Fsp3) is 0.333. The van der Waals surface area contributed by atoms with Gasteiger partial charge in [-0.05, 0) is 58.1 Å². The van der Waals surface area contributed by atoms with E-state index in [4.69, 9.17) is 35.1 Å². The Morgan fingerprint density at radius 1 is 0.543 bits per heavy atom. The van der Waals surface area contributed by atoms with E-state index >= 15 is 0 Å². The summed E-state index contributed by atoms with van der Waals surface area (Å²) in [5.74, 6) is 2.53. The molecule has 0 aromatic heterocycles. The summed E-state index contributed by atoms with van der Waals surface area (Å²) in [6.07, 6.45) is 0. The van der Waals surface area contributed by atoms with Crippen LogP contribution in [0.2, 0.25) is 0 Å². The molecule has 4 rings (SSSR count). The molecule has 0 aliphatic carbocycles. The molecule has 0 bridgehead atoms. The van der Waals surface area contributed by atoms with Crippen molar-refractivity contribution in [3.8, 4) is 0 Å². The summed E-state index contributed by atoms with van der Waals surface area (Å²) < 4.78 is 0. The van der Waals surface area contributed by atoms with Crippen LogP contribution in [0, 0.1) is 0 Å². The number of aliphatic imine (C=N–C) groups is 2. The van der Waals surface area contributed by atoms with Gasteiger partial charge < -0.3 is 4.84 Å². The van der Waals surface area contributed by atoms with Crippen LogP contribution < -0.4 is 0 Å². The van der Waals surface area contributed by atoms with Crippen LogP contribution in [0.15, 0.2) is 107 Å². The number of hydrogen-bond acceptors (Lipinski definition) is 3. The van der Waals surface area contributed by atoms with E-state index in [0.29, 0.717) is 42.5 Å². The summed E-state index contributed by atoms with van der Waals surface area (Å²) in [5, 5.41) is 1.77. The minimum atomic E-state index is 0.315. The third kappa shape index (κ3) is 9.95. The second-order valence-corrected chi connectivity index (χ2v) is 14.1. The average Bonchev–Trinajstić information content (AvgIpc) is 3.04. The molecule has 0 atom stereocenters. The van der Waals surface area contributed by atoms with Crippen molar-refractivity contribution in [3.63, 3.8) is 0 Å².